The van der Waals surface area contributed by atoms with Crippen LogP contribution in [0.25, 0.3) is 0 Å². The molecule has 2 rings (SSSR count). The highest BCUT2D eigenvalue weighted by Crippen LogP contribution is 2.26. The first-order valence-corrected chi connectivity index (χ1v) is 6.50. The third-order valence-electron chi connectivity index (χ3n) is 3.63. The summed E-state index contributed by atoms with van der Waals surface area (Å²) in [6, 6.07) is 1.78. The van der Waals surface area contributed by atoms with Crippen LogP contribution in [0.2, 0.25) is 0 Å². The van der Waals surface area contributed by atoms with E-state index in [1.165, 1.54) is 37.9 Å². The van der Waals surface area contributed by atoms with Crippen molar-refractivity contribution in [2.24, 2.45) is 5.92 Å². The van der Waals surface area contributed by atoms with Gasteiger partial charge >= 0.3 is 5.97 Å². The van der Waals surface area contributed by atoms with E-state index in [1.807, 2.05) is 0 Å². The Morgan fingerprint density at radius 1 is 1.39 bits per heavy atom. The predicted molar refractivity (Wildman–Crippen MR) is 68.7 cm³/mol. The largest absolute Gasteiger partial charge is 0.478 e. The lowest BCUT2D eigenvalue weighted by atomic mass is 9.97. The van der Waals surface area contributed by atoms with E-state index in [2.05, 4.69) is 22.4 Å². The molecule has 1 aromatic heterocycles. The first kappa shape index (κ1) is 12.8. The average Bonchev–Trinajstić information content (AvgIpc) is 2.55. The van der Waals surface area contributed by atoms with Gasteiger partial charge in [0, 0.05) is 6.04 Å². The number of aromatic nitrogens is 2. The fourth-order valence-electron chi connectivity index (χ4n) is 2.49. The SMILES string of the molecule is CC1CCCCCC1Nc1nnccc1C(=O)O. The van der Waals surface area contributed by atoms with Gasteiger partial charge in [0.1, 0.15) is 5.56 Å². The van der Waals surface area contributed by atoms with Crippen molar-refractivity contribution in [3.8, 4) is 0 Å². The van der Waals surface area contributed by atoms with Crippen molar-refractivity contribution in [2.45, 2.75) is 45.1 Å². The van der Waals surface area contributed by atoms with Crippen LogP contribution >= 0.6 is 0 Å². The van der Waals surface area contributed by atoms with Crippen molar-refractivity contribution < 1.29 is 9.90 Å². The van der Waals surface area contributed by atoms with Crippen molar-refractivity contribution in [2.75, 3.05) is 5.32 Å². The van der Waals surface area contributed by atoms with Crippen molar-refractivity contribution in [1.82, 2.24) is 10.2 Å². The molecule has 1 fully saturated rings. The summed E-state index contributed by atoms with van der Waals surface area (Å²) in [4.78, 5) is 11.1. The molecule has 1 heterocycles. The molecule has 0 radical (unpaired) electrons. The van der Waals surface area contributed by atoms with Crippen molar-refractivity contribution in [3.63, 3.8) is 0 Å². The summed E-state index contributed by atoms with van der Waals surface area (Å²) < 4.78 is 0. The Labute approximate surface area is 107 Å². The molecule has 2 unspecified atom stereocenters. The molecular weight excluding hydrogens is 230 g/mol. The first-order valence-electron chi connectivity index (χ1n) is 6.50. The maximum Gasteiger partial charge on any atom is 0.339 e. The Hall–Kier alpha value is -1.65. The van der Waals surface area contributed by atoms with Gasteiger partial charge in [-0.15, -0.1) is 5.10 Å². The van der Waals surface area contributed by atoms with Crippen LogP contribution in [0.1, 0.15) is 49.4 Å². The number of carbonyl (C=O) groups is 1. The fourth-order valence-corrected chi connectivity index (χ4v) is 2.49. The number of anilines is 1. The van der Waals surface area contributed by atoms with Crippen LogP contribution in [0.3, 0.4) is 0 Å². The van der Waals surface area contributed by atoms with Gasteiger partial charge in [-0.1, -0.05) is 26.2 Å². The quantitative estimate of drug-likeness (QED) is 0.805. The molecule has 1 saturated carbocycles. The molecule has 1 aliphatic carbocycles. The number of hydrogen-bond donors (Lipinski definition) is 2. The lowest BCUT2D eigenvalue weighted by molar-refractivity contribution is 0.0697. The zero-order valence-corrected chi connectivity index (χ0v) is 10.6. The van der Waals surface area contributed by atoms with E-state index >= 15 is 0 Å². The van der Waals surface area contributed by atoms with Crippen molar-refractivity contribution in [1.29, 1.82) is 0 Å². The topological polar surface area (TPSA) is 75.1 Å². The molecule has 2 atom stereocenters. The second kappa shape index (κ2) is 5.80. The van der Waals surface area contributed by atoms with E-state index in [-0.39, 0.29) is 5.56 Å². The van der Waals surface area contributed by atoms with Gasteiger partial charge in [-0.25, -0.2) is 4.79 Å². The van der Waals surface area contributed by atoms with Gasteiger partial charge in [-0.2, -0.15) is 5.10 Å². The number of hydrogen-bond acceptors (Lipinski definition) is 4. The molecule has 0 saturated heterocycles. The minimum Gasteiger partial charge on any atom is -0.478 e. The van der Waals surface area contributed by atoms with Crippen LogP contribution in [-0.2, 0) is 0 Å². The number of rotatable bonds is 3. The zero-order valence-electron chi connectivity index (χ0n) is 10.6. The van der Waals surface area contributed by atoms with Crippen LogP contribution < -0.4 is 5.32 Å². The predicted octanol–water partition coefficient (Wildman–Crippen LogP) is 2.56. The molecule has 2 N–H and O–H groups in total. The number of carboxylic acids is 1. The van der Waals surface area contributed by atoms with E-state index in [9.17, 15) is 4.79 Å². The van der Waals surface area contributed by atoms with E-state index in [0.717, 1.165) is 6.42 Å². The highest BCUT2D eigenvalue weighted by Gasteiger charge is 2.22. The monoisotopic (exact) mass is 249 g/mol. The van der Waals surface area contributed by atoms with Gasteiger partial charge in [0.05, 0.1) is 6.20 Å². The summed E-state index contributed by atoms with van der Waals surface area (Å²) in [5.41, 5.74) is 0.196. The van der Waals surface area contributed by atoms with Gasteiger partial charge in [-0.05, 0) is 24.8 Å². The highest BCUT2D eigenvalue weighted by molar-refractivity contribution is 5.92. The third kappa shape index (κ3) is 2.97. The molecule has 5 heteroatoms. The molecular formula is C13H19N3O2. The van der Waals surface area contributed by atoms with E-state index in [0.29, 0.717) is 17.8 Å². The number of nitrogens with one attached hydrogen (secondary N) is 1. The van der Waals surface area contributed by atoms with E-state index in [4.69, 9.17) is 5.11 Å². The summed E-state index contributed by atoms with van der Waals surface area (Å²) in [6.45, 7) is 2.21. The van der Waals surface area contributed by atoms with Crippen LogP contribution in [0, 0.1) is 5.92 Å². The molecule has 1 aromatic rings. The smallest absolute Gasteiger partial charge is 0.339 e. The first-order chi connectivity index (χ1) is 8.68. The minimum atomic E-state index is -0.964. The summed E-state index contributed by atoms with van der Waals surface area (Å²) in [6.07, 6.45) is 7.35. The summed E-state index contributed by atoms with van der Waals surface area (Å²) >= 11 is 0. The fraction of sp³-hybridized carbons (Fsp3) is 0.615. The second-order valence-corrected chi connectivity index (χ2v) is 4.96. The number of carboxylic acid groups (broad SMARTS) is 1. The van der Waals surface area contributed by atoms with E-state index in [1.54, 1.807) is 0 Å². The van der Waals surface area contributed by atoms with Gasteiger partial charge in [0.2, 0.25) is 0 Å². The van der Waals surface area contributed by atoms with Crippen molar-refractivity contribution in [3.05, 3.63) is 17.8 Å². The number of nitrogens with zero attached hydrogens (tertiary/aromatic N) is 2. The Kier molecular flexibility index (Phi) is 4.12. The summed E-state index contributed by atoms with van der Waals surface area (Å²) in [5.74, 6) is -0.0337. The average molecular weight is 249 g/mol. The molecule has 0 bridgehead atoms. The van der Waals surface area contributed by atoms with Crippen molar-refractivity contribution >= 4 is 11.8 Å². The molecule has 1 aliphatic rings. The molecule has 0 aliphatic heterocycles. The molecule has 0 aromatic carbocycles. The van der Waals surface area contributed by atoms with Gasteiger partial charge in [0.25, 0.3) is 0 Å². The summed E-state index contributed by atoms with van der Waals surface area (Å²) in [7, 11) is 0. The molecule has 0 spiro atoms. The van der Waals surface area contributed by atoms with Crippen LogP contribution in [0.4, 0.5) is 5.82 Å². The minimum absolute atomic E-state index is 0.196. The lowest BCUT2D eigenvalue weighted by Gasteiger charge is -2.23. The Morgan fingerprint density at radius 3 is 2.94 bits per heavy atom. The van der Waals surface area contributed by atoms with Gasteiger partial charge in [0.15, 0.2) is 5.82 Å². The van der Waals surface area contributed by atoms with Crippen LogP contribution in [0.5, 0.6) is 0 Å². The molecule has 0 amide bonds. The molecule has 18 heavy (non-hydrogen) atoms. The maximum atomic E-state index is 11.1. The second-order valence-electron chi connectivity index (χ2n) is 4.96. The van der Waals surface area contributed by atoms with Gasteiger partial charge in [-0.3, -0.25) is 0 Å². The third-order valence-corrected chi connectivity index (χ3v) is 3.63. The standard InChI is InChI=1S/C13H19N3O2/c1-9-5-3-2-4-6-11(9)15-12-10(13(17)18)7-8-14-16-12/h7-9,11H,2-6H2,1H3,(H,15,16)(H,17,18). The van der Waals surface area contributed by atoms with Crippen LogP contribution in [-0.4, -0.2) is 27.3 Å². The Morgan fingerprint density at radius 2 is 2.17 bits per heavy atom. The summed E-state index contributed by atoms with van der Waals surface area (Å²) in [5, 5.41) is 20.1. The number of aromatic carboxylic acids is 1. The normalized spacial score (nSPS) is 24.3. The Bertz CT molecular complexity index is 422. The van der Waals surface area contributed by atoms with E-state index < -0.39 is 5.97 Å². The highest BCUT2D eigenvalue weighted by atomic mass is 16.4. The van der Waals surface area contributed by atoms with Crippen LogP contribution in [0.15, 0.2) is 12.3 Å². The lowest BCUT2D eigenvalue weighted by Crippen LogP contribution is -2.28. The van der Waals surface area contributed by atoms with Gasteiger partial charge < -0.3 is 10.4 Å². The molecule has 98 valence electrons. The maximum absolute atomic E-state index is 11.1. The Balaban J connectivity index is 2.14. The molecule has 5 nitrogen and oxygen atoms in total. The zero-order chi connectivity index (χ0) is 13.0.